The van der Waals surface area contributed by atoms with Crippen LogP contribution in [-0.2, 0) is 11.3 Å². The summed E-state index contributed by atoms with van der Waals surface area (Å²) in [7, 11) is 1.91. The molecule has 1 amide bonds. The minimum Gasteiger partial charge on any atom is -0.340 e. The van der Waals surface area contributed by atoms with Gasteiger partial charge in [-0.05, 0) is 43.8 Å². The fraction of sp³-hybridized carbons (Fsp3) is 0.615. The molecule has 1 atom stereocenters. The summed E-state index contributed by atoms with van der Waals surface area (Å²) in [4.78, 5) is 15.5. The Balaban J connectivity index is 2.03. The number of rotatable bonds is 3. The molecule has 1 aliphatic rings. The highest BCUT2D eigenvalue weighted by Crippen LogP contribution is 2.28. The average molecular weight is 252 g/mol. The van der Waals surface area contributed by atoms with Crippen molar-refractivity contribution >= 4 is 17.2 Å². The molecule has 0 spiro atoms. The van der Waals surface area contributed by atoms with E-state index in [-0.39, 0.29) is 11.3 Å². The van der Waals surface area contributed by atoms with Gasteiger partial charge in [-0.2, -0.15) is 0 Å². The van der Waals surface area contributed by atoms with E-state index in [9.17, 15) is 4.79 Å². The molecule has 0 aromatic carbocycles. The number of carbonyl (C=O) groups is 1. The topological polar surface area (TPSA) is 32.3 Å². The minimum absolute atomic E-state index is 0.208. The minimum atomic E-state index is -0.208. The molecule has 2 heterocycles. The van der Waals surface area contributed by atoms with Crippen molar-refractivity contribution in [2.45, 2.75) is 26.8 Å². The molecule has 3 nitrogen and oxygen atoms in total. The summed E-state index contributed by atoms with van der Waals surface area (Å²) in [5.41, 5.74) is 1.07. The number of nitrogens with zero attached hydrogens (tertiary/aromatic N) is 1. The van der Waals surface area contributed by atoms with Crippen LogP contribution in [0.3, 0.4) is 0 Å². The van der Waals surface area contributed by atoms with E-state index < -0.39 is 0 Å². The van der Waals surface area contributed by atoms with Crippen LogP contribution in [0.25, 0.3) is 0 Å². The van der Waals surface area contributed by atoms with Crippen LogP contribution in [0.4, 0.5) is 0 Å². The molecule has 1 saturated heterocycles. The predicted octanol–water partition coefficient (Wildman–Crippen LogP) is 2.01. The Bertz CT molecular complexity index is 407. The van der Waals surface area contributed by atoms with Crippen molar-refractivity contribution in [3.63, 3.8) is 0 Å². The Labute approximate surface area is 107 Å². The summed E-state index contributed by atoms with van der Waals surface area (Å²) >= 11 is 1.73. The number of aryl methyl sites for hydroxylation is 1. The molecule has 94 valence electrons. The van der Waals surface area contributed by atoms with E-state index in [2.05, 4.69) is 30.6 Å². The Hall–Kier alpha value is -0.870. The molecule has 0 aliphatic carbocycles. The van der Waals surface area contributed by atoms with E-state index in [4.69, 9.17) is 0 Å². The highest BCUT2D eigenvalue weighted by molar-refractivity contribution is 7.10. The molecule has 1 aromatic heterocycles. The van der Waals surface area contributed by atoms with Crippen LogP contribution in [-0.4, -0.2) is 30.9 Å². The largest absolute Gasteiger partial charge is 0.340 e. The number of thiophene rings is 1. The Kier molecular flexibility index (Phi) is 3.54. The van der Waals surface area contributed by atoms with Gasteiger partial charge in [0, 0.05) is 18.5 Å². The molecule has 1 aliphatic heterocycles. The standard InChI is InChI=1S/C13H20N2OS/c1-10-4-7-17-11(10)8-15(3)12(16)13(2)5-6-14-9-13/h4,7,14H,5-6,8-9H2,1-3H3. The lowest BCUT2D eigenvalue weighted by atomic mass is 9.88. The van der Waals surface area contributed by atoms with E-state index in [1.807, 2.05) is 11.9 Å². The summed E-state index contributed by atoms with van der Waals surface area (Å²) in [5, 5.41) is 5.36. The van der Waals surface area contributed by atoms with E-state index in [1.54, 1.807) is 11.3 Å². The zero-order valence-electron chi connectivity index (χ0n) is 10.7. The van der Waals surface area contributed by atoms with Gasteiger partial charge in [0.1, 0.15) is 0 Å². The average Bonchev–Trinajstić information content (AvgIpc) is 2.89. The van der Waals surface area contributed by atoms with Crippen LogP contribution >= 0.6 is 11.3 Å². The van der Waals surface area contributed by atoms with Gasteiger partial charge < -0.3 is 10.2 Å². The van der Waals surface area contributed by atoms with E-state index in [0.29, 0.717) is 0 Å². The Morgan fingerprint density at radius 2 is 2.41 bits per heavy atom. The quantitative estimate of drug-likeness (QED) is 0.892. The van der Waals surface area contributed by atoms with Gasteiger partial charge in [-0.15, -0.1) is 11.3 Å². The summed E-state index contributed by atoms with van der Waals surface area (Å²) in [6, 6.07) is 2.11. The van der Waals surface area contributed by atoms with Gasteiger partial charge in [0.25, 0.3) is 0 Å². The maximum absolute atomic E-state index is 12.4. The van der Waals surface area contributed by atoms with Crippen molar-refractivity contribution in [3.05, 3.63) is 21.9 Å². The first-order valence-corrected chi connectivity index (χ1v) is 6.90. The predicted molar refractivity (Wildman–Crippen MR) is 71.1 cm³/mol. The fourth-order valence-electron chi connectivity index (χ4n) is 2.31. The summed E-state index contributed by atoms with van der Waals surface area (Å²) in [5.74, 6) is 0.260. The smallest absolute Gasteiger partial charge is 0.229 e. The van der Waals surface area contributed by atoms with Gasteiger partial charge in [-0.1, -0.05) is 0 Å². The summed E-state index contributed by atoms with van der Waals surface area (Å²) in [6.45, 7) is 6.65. The van der Waals surface area contributed by atoms with Gasteiger partial charge in [-0.25, -0.2) is 0 Å². The molecule has 1 aromatic rings. The lowest BCUT2D eigenvalue weighted by molar-refractivity contribution is -0.139. The summed E-state index contributed by atoms with van der Waals surface area (Å²) in [6.07, 6.45) is 0.944. The van der Waals surface area contributed by atoms with Gasteiger partial charge in [0.05, 0.1) is 12.0 Å². The van der Waals surface area contributed by atoms with Crippen molar-refractivity contribution in [2.75, 3.05) is 20.1 Å². The number of hydrogen-bond acceptors (Lipinski definition) is 3. The third-order valence-electron chi connectivity index (χ3n) is 3.58. The second kappa shape index (κ2) is 4.78. The number of carbonyl (C=O) groups excluding carboxylic acids is 1. The molecule has 1 unspecified atom stereocenters. The van der Waals surface area contributed by atoms with Crippen LogP contribution in [0.1, 0.15) is 23.8 Å². The monoisotopic (exact) mass is 252 g/mol. The first kappa shape index (κ1) is 12.6. The van der Waals surface area contributed by atoms with Crippen molar-refractivity contribution < 1.29 is 4.79 Å². The van der Waals surface area contributed by atoms with Crippen LogP contribution in [0.2, 0.25) is 0 Å². The lowest BCUT2D eigenvalue weighted by Crippen LogP contribution is -2.41. The van der Waals surface area contributed by atoms with Gasteiger partial charge >= 0.3 is 0 Å². The SMILES string of the molecule is Cc1ccsc1CN(C)C(=O)C1(C)CCNC1. The van der Waals surface area contributed by atoms with Crippen LogP contribution < -0.4 is 5.32 Å². The molecule has 1 fully saturated rings. The molecular weight excluding hydrogens is 232 g/mol. The highest BCUT2D eigenvalue weighted by atomic mass is 32.1. The van der Waals surface area contributed by atoms with Crippen LogP contribution in [0.5, 0.6) is 0 Å². The first-order chi connectivity index (χ1) is 8.03. The van der Waals surface area contributed by atoms with Gasteiger partial charge in [-0.3, -0.25) is 4.79 Å². The number of amides is 1. The summed E-state index contributed by atoms with van der Waals surface area (Å²) < 4.78 is 0. The maximum atomic E-state index is 12.4. The molecule has 1 N–H and O–H groups in total. The van der Waals surface area contributed by atoms with Gasteiger partial charge in [0.2, 0.25) is 5.91 Å². The van der Waals surface area contributed by atoms with Gasteiger partial charge in [0.15, 0.2) is 0 Å². The normalized spacial score (nSPS) is 23.9. The second-order valence-corrected chi connectivity index (χ2v) is 6.18. The molecule has 0 saturated carbocycles. The highest BCUT2D eigenvalue weighted by Gasteiger charge is 2.38. The van der Waals surface area contributed by atoms with E-state index in [0.717, 1.165) is 26.1 Å². The molecule has 0 radical (unpaired) electrons. The fourth-order valence-corrected chi connectivity index (χ4v) is 3.27. The van der Waals surface area contributed by atoms with E-state index >= 15 is 0 Å². The zero-order chi connectivity index (χ0) is 12.5. The van der Waals surface area contributed by atoms with E-state index in [1.165, 1.54) is 10.4 Å². The van der Waals surface area contributed by atoms with Crippen molar-refractivity contribution in [1.82, 2.24) is 10.2 Å². The second-order valence-electron chi connectivity index (χ2n) is 5.18. The Morgan fingerprint density at radius 1 is 1.65 bits per heavy atom. The number of nitrogens with one attached hydrogen (secondary N) is 1. The van der Waals surface area contributed by atoms with Crippen LogP contribution in [0.15, 0.2) is 11.4 Å². The maximum Gasteiger partial charge on any atom is 0.229 e. The van der Waals surface area contributed by atoms with Crippen LogP contribution in [0, 0.1) is 12.3 Å². The van der Waals surface area contributed by atoms with Crippen molar-refractivity contribution in [1.29, 1.82) is 0 Å². The Morgan fingerprint density at radius 3 is 2.94 bits per heavy atom. The third-order valence-corrected chi connectivity index (χ3v) is 4.59. The molecule has 4 heteroatoms. The number of hydrogen-bond donors (Lipinski definition) is 1. The molecule has 0 bridgehead atoms. The molecule has 2 rings (SSSR count). The zero-order valence-corrected chi connectivity index (χ0v) is 11.6. The molecular formula is C13H20N2OS. The third kappa shape index (κ3) is 2.53. The lowest BCUT2D eigenvalue weighted by Gasteiger charge is -2.28. The molecule has 17 heavy (non-hydrogen) atoms. The van der Waals surface area contributed by atoms with Crippen molar-refractivity contribution in [2.24, 2.45) is 5.41 Å². The van der Waals surface area contributed by atoms with Crippen molar-refractivity contribution in [3.8, 4) is 0 Å². The first-order valence-electron chi connectivity index (χ1n) is 6.02.